The molecule has 0 aromatic carbocycles. The highest BCUT2D eigenvalue weighted by molar-refractivity contribution is 7.11. The summed E-state index contributed by atoms with van der Waals surface area (Å²) in [5, 5.41) is 0.840. The van der Waals surface area contributed by atoms with Crippen LogP contribution in [0.5, 0.6) is 0 Å². The van der Waals surface area contributed by atoms with Gasteiger partial charge in [0.05, 0.1) is 0 Å². The summed E-state index contributed by atoms with van der Waals surface area (Å²) < 4.78 is 4.02. The van der Waals surface area contributed by atoms with Gasteiger partial charge in [-0.3, -0.25) is 4.79 Å². The van der Waals surface area contributed by atoms with Crippen molar-refractivity contribution in [2.75, 3.05) is 23.7 Å². The second-order valence-corrected chi connectivity index (χ2v) is 4.77. The first-order valence-electron chi connectivity index (χ1n) is 5.50. The first kappa shape index (κ1) is 11.2. The monoisotopic (exact) mass is 240 g/mol. The topological polar surface area (TPSA) is 85.2 Å². The lowest BCUT2D eigenvalue weighted by molar-refractivity contribution is 0.100. The largest absolute Gasteiger partial charge is 0.382 e. The Hall–Kier alpha value is -1.30. The number of hydrogen-bond acceptors (Lipinski definition) is 5. The lowest BCUT2D eigenvalue weighted by Gasteiger charge is -2.20. The van der Waals surface area contributed by atoms with Crippen LogP contribution in [0, 0.1) is 0 Å². The van der Waals surface area contributed by atoms with Crippen LogP contribution < -0.4 is 16.4 Å². The fourth-order valence-corrected chi connectivity index (χ4v) is 2.89. The summed E-state index contributed by atoms with van der Waals surface area (Å²) in [6.45, 7) is 1.92. The summed E-state index contributed by atoms with van der Waals surface area (Å²) in [7, 11) is 0. The Morgan fingerprint density at radius 1 is 1.25 bits per heavy atom. The van der Waals surface area contributed by atoms with Crippen molar-refractivity contribution in [3.05, 3.63) is 5.56 Å². The summed E-state index contributed by atoms with van der Waals surface area (Å²) in [4.78, 5) is 13.5. The number of hydrogen-bond donors (Lipinski definition) is 2. The molecule has 0 atom stereocenters. The van der Waals surface area contributed by atoms with Crippen molar-refractivity contribution in [2.24, 2.45) is 5.73 Å². The van der Waals surface area contributed by atoms with Gasteiger partial charge < -0.3 is 16.4 Å². The first-order chi connectivity index (χ1) is 7.70. The minimum Gasteiger partial charge on any atom is -0.382 e. The molecule has 1 aromatic rings. The Bertz CT molecular complexity index is 382. The van der Waals surface area contributed by atoms with Gasteiger partial charge in [0.25, 0.3) is 5.91 Å². The third kappa shape index (κ3) is 2.11. The molecular formula is C10H16N4OS. The van der Waals surface area contributed by atoms with Gasteiger partial charge in [0.1, 0.15) is 10.6 Å². The number of nitrogens with two attached hydrogens (primary N) is 2. The Kier molecular flexibility index (Phi) is 3.28. The minimum atomic E-state index is -0.481. The molecule has 16 heavy (non-hydrogen) atoms. The molecule has 0 aliphatic carbocycles. The molecule has 0 radical (unpaired) electrons. The Morgan fingerprint density at radius 3 is 2.44 bits per heavy atom. The molecule has 6 heteroatoms. The van der Waals surface area contributed by atoms with Crippen LogP contribution in [0.15, 0.2) is 0 Å². The highest BCUT2D eigenvalue weighted by Crippen LogP contribution is 2.31. The number of nitrogen functional groups attached to an aromatic ring is 1. The van der Waals surface area contributed by atoms with Crippen molar-refractivity contribution < 1.29 is 4.79 Å². The summed E-state index contributed by atoms with van der Waals surface area (Å²) in [6.07, 6.45) is 4.79. The molecule has 1 aromatic heterocycles. The molecule has 1 amide bonds. The van der Waals surface area contributed by atoms with Crippen molar-refractivity contribution in [1.29, 1.82) is 0 Å². The molecule has 1 fully saturated rings. The number of aromatic nitrogens is 1. The van der Waals surface area contributed by atoms with E-state index in [-0.39, 0.29) is 5.82 Å². The summed E-state index contributed by atoms with van der Waals surface area (Å²) in [5.41, 5.74) is 11.4. The lowest BCUT2D eigenvalue weighted by atomic mass is 10.2. The summed E-state index contributed by atoms with van der Waals surface area (Å²) in [5.74, 6) is -0.220. The van der Waals surface area contributed by atoms with Crippen LogP contribution in [-0.4, -0.2) is 23.4 Å². The predicted octanol–water partition coefficient (Wildman–Crippen LogP) is 1.20. The molecule has 0 bridgehead atoms. The molecule has 88 valence electrons. The third-order valence-corrected chi connectivity index (χ3v) is 3.76. The van der Waals surface area contributed by atoms with E-state index in [0.29, 0.717) is 5.56 Å². The molecule has 0 saturated carbocycles. The van der Waals surface area contributed by atoms with Crippen LogP contribution in [0.1, 0.15) is 36.0 Å². The zero-order valence-electron chi connectivity index (χ0n) is 9.11. The van der Waals surface area contributed by atoms with Gasteiger partial charge in [-0.15, -0.1) is 0 Å². The highest BCUT2D eigenvalue weighted by Gasteiger charge is 2.22. The van der Waals surface area contributed by atoms with Gasteiger partial charge in [-0.1, -0.05) is 12.8 Å². The molecule has 0 spiro atoms. The van der Waals surface area contributed by atoms with Crippen molar-refractivity contribution in [1.82, 2.24) is 4.37 Å². The fraction of sp³-hybridized carbons (Fsp3) is 0.600. The van der Waals surface area contributed by atoms with E-state index in [1.807, 2.05) is 0 Å². The maximum absolute atomic E-state index is 11.3. The van der Waals surface area contributed by atoms with Crippen LogP contribution in [0.3, 0.4) is 0 Å². The first-order valence-corrected chi connectivity index (χ1v) is 6.27. The van der Waals surface area contributed by atoms with E-state index in [2.05, 4.69) is 9.27 Å². The third-order valence-electron chi connectivity index (χ3n) is 2.84. The van der Waals surface area contributed by atoms with Crippen LogP contribution in [0.25, 0.3) is 0 Å². The maximum Gasteiger partial charge on any atom is 0.255 e. The number of anilines is 2. The van der Waals surface area contributed by atoms with E-state index in [1.54, 1.807) is 0 Å². The molecular weight excluding hydrogens is 224 g/mol. The van der Waals surface area contributed by atoms with E-state index < -0.39 is 5.91 Å². The van der Waals surface area contributed by atoms with Crippen LogP contribution in [0.4, 0.5) is 10.8 Å². The van der Waals surface area contributed by atoms with E-state index in [4.69, 9.17) is 11.5 Å². The lowest BCUT2D eigenvalue weighted by Crippen LogP contribution is -2.26. The Labute approximate surface area is 98.6 Å². The summed E-state index contributed by atoms with van der Waals surface area (Å²) in [6, 6.07) is 0. The van der Waals surface area contributed by atoms with Gasteiger partial charge in [0.15, 0.2) is 5.82 Å². The van der Waals surface area contributed by atoms with E-state index in [9.17, 15) is 4.79 Å². The number of primary amides is 1. The van der Waals surface area contributed by atoms with Gasteiger partial charge in [0.2, 0.25) is 0 Å². The standard InChI is InChI=1S/C10H16N4OS/c11-8-7(9(12)15)10(16-13-8)14-5-3-1-2-4-6-14/h1-6H2,(H2,11,13)(H2,12,15). The Balaban J connectivity index is 2.27. The average Bonchev–Trinajstić information content (AvgIpc) is 2.50. The van der Waals surface area contributed by atoms with Crippen molar-refractivity contribution in [2.45, 2.75) is 25.7 Å². The van der Waals surface area contributed by atoms with Gasteiger partial charge in [-0.05, 0) is 24.4 Å². The second kappa shape index (κ2) is 4.69. The smallest absolute Gasteiger partial charge is 0.255 e. The minimum absolute atomic E-state index is 0.261. The SMILES string of the molecule is NC(=O)c1c(N)nsc1N1CCCCCC1. The average molecular weight is 240 g/mol. The van der Waals surface area contributed by atoms with Crippen molar-refractivity contribution in [3.63, 3.8) is 0 Å². The normalized spacial score (nSPS) is 17.1. The summed E-state index contributed by atoms with van der Waals surface area (Å²) >= 11 is 1.27. The van der Waals surface area contributed by atoms with Gasteiger partial charge in [-0.25, -0.2) is 0 Å². The molecule has 0 unspecified atom stereocenters. The maximum atomic E-state index is 11.3. The zero-order chi connectivity index (χ0) is 11.5. The molecule has 2 heterocycles. The number of carbonyl (C=O) groups is 1. The van der Waals surface area contributed by atoms with Crippen LogP contribution in [0.2, 0.25) is 0 Å². The van der Waals surface area contributed by atoms with Crippen LogP contribution >= 0.6 is 11.5 Å². The predicted molar refractivity (Wildman–Crippen MR) is 65.7 cm³/mol. The number of amides is 1. The van der Waals surface area contributed by atoms with Crippen molar-refractivity contribution in [3.8, 4) is 0 Å². The van der Waals surface area contributed by atoms with Gasteiger partial charge >= 0.3 is 0 Å². The number of nitrogens with zero attached hydrogens (tertiary/aromatic N) is 2. The molecule has 5 nitrogen and oxygen atoms in total. The number of carbonyl (C=O) groups excluding carboxylic acids is 1. The van der Waals surface area contributed by atoms with Gasteiger partial charge in [-0.2, -0.15) is 4.37 Å². The quantitative estimate of drug-likeness (QED) is 0.813. The molecule has 1 aliphatic heterocycles. The Morgan fingerprint density at radius 2 is 1.88 bits per heavy atom. The number of rotatable bonds is 2. The fourth-order valence-electron chi connectivity index (χ4n) is 2.01. The molecule has 1 saturated heterocycles. The van der Waals surface area contributed by atoms with Gasteiger partial charge in [0, 0.05) is 13.1 Å². The highest BCUT2D eigenvalue weighted by atomic mass is 32.1. The molecule has 1 aliphatic rings. The molecule has 2 rings (SSSR count). The van der Waals surface area contributed by atoms with E-state index in [1.165, 1.54) is 24.4 Å². The van der Waals surface area contributed by atoms with E-state index in [0.717, 1.165) is 30.9 Å². The zero-order valence-corrected chi connectivity index (χ0v) is 9.92. The van der Waals surface area contributed by atoms with E-state index >= 15 is 0 Å². The second-order valence-electron chi connectivity index (χ2n) is 4.01. The van der Waals surface area contributed by atoms with Crippen LogP contribution in [-0.2, 0) is 0 Å². The molecule has 4 N–H and O–H groups in total. The van der Waals surface area contributed by atoms with Crippen molar-refractivity contribution >= 4 is 28.3 Å².